The molecular formula is C25H19F7N2O2. The lowest BCUT2D eigenvalue weighted by atomic mass is 10.00. The number of amides is 1. The first-order chi connectivity index (χ1) is 16.9. The molecule has 0 N–H and O–H groups in total. The molecule has 36 heavy (non-hydrogen) atoms. The van der Waals surface area contributed by atoms with Gasteiger partial charge in [0.15, 0.2) is 0 Å². The summed E-state index contributed by atoms with van der Waals surface area (Å²) in [6, 6.07) is 7.93. The summed E-state index contributed by atoms with van der Waals surface area (Å²) in [6.07, 6.45) is -7.82. The van der Waals surface area contributed by atoms with E-state index in [1.165, 1.54) is 35.4 Å². The van der Waals surface area contributed by atoms with E-state index in [1.54, 1.807) is 6.07 Å². The minimum Gasteiger partial charge on any atom is -0.477 e. The number of fused-ring (bicyclic) bond motifs is 1. The number of ether oxygens (including phenoxy) is 1. The van der Waals surface area contributed by atoms with E-state index in [0.717, 1.165) is 0 Å². The van der Waals surface area contributed by atoms with Gasteiger partial charge >= 0.3 is 12.4 Å². The lowest BCUT2D eigenvalue weighted by molar-refractivity contribution is -0.143. The Kier molecular flexibility index (Phi) is 6.92. The molecule has 3 aromatic rings. The Morgan fingerprint density at radius 1 is 0.889 bits per heavy atom. The van der Waals surface area contributed by atoms with Crippen LogP contribution in [0.2, 0.25) is 0 Å². The molecule has 1 aromatic heterocycles. The number of carbonyl (C=O) groups is 1. The maximum Gasteiger partial charge on any atom is 0.416 e. The number of benzene rings is 2. The van der Waals surface area contributed by atoms with Gasteiger partial charge in [0.2, 0.25) is 5.88 Å². The van der Waals surface area contributed by atoms with Gasteiger partial charge in [-0.3, -0.25) is 4.79 Å². The first-order valence-corrected chi connectivity index (χ1v) is 10.9. The van der Waals surface area contributed by atoms with Crippen LogP contribution < -0.4 is 4.74 Å². The lowest BCUT2D eigenvalue weighted by Crippen LogP contribution is -2.32. The zero-order valence-corrected chi connectivity index (χ0v) is 18.6. The summed E-state index contributed by atoms with van der Waals surface area (Å²) in [4.78, 5) is 18.7. The first kappa shape index (κ1) is 25.5. The summed E-state index contributed by atoms with van der Waals surface area (Å²) in [6.45, 7) is 0.125. The van der Waals surface area contributed by atoms with Crippen LogP contribution in [0, 0.1) is 5.82 Å². The predicted octanol–water partition coefficient (Wildman–Crippen LogP) is 6.74. The molecule has 1 amide bonds. The van der Waals surface area contributed by atoms with Crippen LogP contribution in [0.25, 0.3) is 11.1 Å². The second-order valence-electron chi connectivity index (χ2n) is 8.23. The van der Waals surface area contributed by atoms with Gasteiger partial charge in [-0.15, -0.1) is 0 Å². The average molecular weight is 512 g/mol. The standard InChI is InChI=1S/C25H19F7N2O2/c26-19-5-3-15(4-6-19)20-7-8-33-22-21(20)14-34(9-1-2-10-36-22)23(35)16-11-17(24(27,28)29)13-18(12-16)25(30,31)32/h3-8,11-13H,1-2,9-10,14H2. The van der Waals surface area contributed by atoms with Gasteiger partial charge in [0, 0.05) is 23.9 Å². The van der Waals surface area contributed by atoms with E-state index in [0.29, 0.717) is 41.7 Å². The second-order valence-corrected chi connectivity index (χ2v) is 8.23. The molecule has 0 atom stereocenters. The second kappa shape index (κ2) is 9.79. The van der Waals surface area contributed by atoms with Gasteiger partial charge in [0.1, 0.15) is 5.82 Å². The number of aromatic nitrogens is 1. The van der Waals surface area contributed by atoms with E-state index in [-0.39, 0.29) is 31.6 Å². The fraction of sp³-hybridized carbons (Fsp3) is 0.280. The van der Waals surface area contributed by atoms with Crippen molar-refractivity contribution in [2.75, 3.05) is 13.2 Å². The molecule has 2 aromatic carbocycles. The molecule has 0 saturated heterocycles. The molecule has 0 unspecified atom stereocenters. The van der Waals surface area contributed by atoms with Crippen molar-refractivity contribution >= 4 is 5.91 Å². The van der Waals surface area contributed by atoms with Gasteiger partial charge in [-0.2, -0.15) is 26.3 Å². The van der Waals surface area contributed by atoms with Gasteiger partial charge in [-0.05, 0) is 60.4 Å². The van der Waals surface area contributed by atoms with Gasteiger partial charge in [-0.25, -0.2) is 9.37 Å². The topological polar surface area (TPSA) is 42.4 Å². The molecule has 0 bridgehead atoms. The van der Waals surface area contributed by atoms with E-state index in [1.807, 2.05) is 0 Å². The van der Waals surface area contributed by atoms with Crippen molar-refractivity contribution in [3.05, 3.63) is 82.8 Å². The Bertz CT molecular complexity index is 1220. The maximum atomic E-state index is 13.5. The number of hydrogen-bond donors (Lipinski definition) is 0. The summed E-state index contributed by atoms with van der Waals surface area (Å²) in [5.41, 5.74) is -2.35. The molecule has 0 aliphatic carbocycles. The molecule has 2 heterocycles. The minimum absolute atomic E-state index is 0.0189. The molecule has 1 aliphatic heterocycles. The van der Waals surface area contributed by atoms with Crippen molar-refractivity contribution in [3.8, 4) is 17.0 Å². The van der Waals surface area contributed by atoms with Crippen molar-refractivity contribution in [1.82, 2.24) is 9.88 Å². The van der Waals surface area contributed by atoms with Gasteiger partial charge in [-0.1, -0.05) is 12.1 Å². The molecule has 4 rings (SSSR count). The summed E-state index contributed by atoms with van der Waals surface area (Å²) in [7, 11) is 0. The molecule has 1 aliphatic rings. The van der Waals surface area contributed by atoms with Crippen LogP contribution in [0.3, 0.4) is 0 Å². The van der Waals surface area contributed by atoms with Crippen molar-refractivity contribution in [3.63, 3.8) is 0 Å². The van der Waals surface area contributed by atoms with Crippen LogP contribution in [-0.2, 0) is 18.9 Å². The van der Waals surface area contributed by atoms with Crippen molar-refractivity contribution in [1.29, 1.82) is 0 Å². The van der Waals surface area contributed by atoms with Crippen LogP contribution >= 0.6 is 0 Å². The third-order valence-electron chi connectivity index (χ3n) is 5.70. The Balaban J connectivity index is 1.78. The summed E-state index contributed by atoms with van der Waals surface area (Å²) >= 11 is 0. The molecule has 190 valence electrons. The number of carbonyl (C=O) groups excluding carboxylic acids is 1. The van der Waals surface area contributed by atoms with E-state index in [4.69, 9.17) is 4.74 Å². The Hall–Kier alpha value is -3.63. The number of alkyl halides is 6. The molecule has 4 nitrogen and oxygen atoms in total. The van der Waals surface area contributed by atoms with Crippen LogP contribution in [0.4, 0.5) is 30.7 Å². The summed E-state index contributed by atoms with van der Waals surface area (Å²) < 4.78 is 99.2. The Morgan fingerprint density at radius 3 is 2.14 bits per heavy atom. The fourth-order valence-electron chi connectivity index (χ4n) is 3.93. The molecule has 0 spiro atoms. The smallest absolute Gasteiger partial charge is 0.416 e. The van der Waals surface area contributed by atoms with E-state index < -0.39 is 40.8 Å². The van der Waals surface area contributed by atoms with E-state index >= 15 is 0 Å². The van der Waals surface area contributed by atoms with Crippen LogP contribution in [0.15, 0.2) is 54.7 Å². The van der Waals surface area contributed by atoms with Gasteiger partial charge < -0.3 is 9.64 Å². The van der Waals surface area contributed by atoms with Crippen LogP contribution in [0.1, 0.15) is 39.9 Å². The average Bonchev–Trinajstić information content (AvgIpc) is 2.93. The molecule has 11 heteroatoms. The molecule has 0 radical (unpaired) electrons. The summed E-state index contributed by atoms with van der Waals surface area (Å²) in [5.74, 6) is -1.28. The van der Waals surface area contributed by atoms with Crippen LogP contribution in [-0.4, -0.2) is 28.9 Å². The maximum absolute atomic E-state index is 13.5. The zero-order chi connectivity index (χ0) is 26.1. The van der Waals surface area contributed by atoms with E-state index in [2.05, 4.69) is 4.98 Å². The highest BCUT2D eigenvalue weighted by molar-refractivity contribution is 5.95. The highest BCUT2D eigenvalue weighted by Crippen LogP contribution is 2.37. The monoisotopic (exact) mass is 512 g/mol. The van der Waals surface area contributed by atoms with Crippen molar-refractivity contribution < 1.29 is 40.3 Å². The van der Waals surface area contributed by atoms with E-state index in [9.17, 15) is 35.5 Å². The Labute approximate surface area is 201 Å². The number of nitrogens with zero attached hydrogens (tertiary/aromatic N) is 2. The van der Waals surface area contributed by atoms with Crippen molar-refractivity contribution in [2.45, 2.75) is 31.7 Å². The largest absolute Gasteiger partial charge is 0.477 e. The third kappa shape index (κ3) is 5.60. The normalized spacial score (nSPS) is 14.8. The quantitative estimate of drug-likeness (QED) is 0.357. The van der Waals surface area contributed by atoms with Crippen LogP contribution in [0.5, 0.6) is 5.88 Å². The number of pyridine rings is 1. The highest BCUT2D eigenvalue weighted by Gasteiger charge is 2.38. The van der Waals surface area contributed by atoms with Gasteiger partial charge in [0.25, 0.3) is 5.91 Å². The Morgan fingerprint density at radius 2 is 1.53 bits per heavy atom. The first-order valence-electron chi connectivity index (χ1n) is 10.9. The van der Waals surface area contributed by atoms with Crippen molar-refractivity contribution in [2.24, 2.45) is 0 Å². The third-order valence-corrected chi connectivity index (χ3v) is 5.70. The predicted molar refractivity (Wildman–Crippen MR) is 116 cm³/mol. The molecular weight excluding hydrogens is 493 g/mol. The summed E-state index contributed by atoms with van der Waals surface area (Å²) in [5, 5.41) is 0. The fourth-order valence-corrected chi connectivity index (χ4v) is 3.93. The SMILES string of the molecule is O=C(c1cc(C(F)(F)F)cc(C(F)(F)F)c1)N1CCCCOc2nccc(-c3ccc(F)cc3)c2C1. The zero-order valence-electron chi connectivity index (χ0n) is 18.6. The minimum atomic E-state index is -5.08. The van der Waals surface area contributed by atoms with Gasteiger partial charge in [0.05, 0.1) is 24.3 Å². The number of rotatable bonds is 2. The lowest BCUT2D eigenvalue weighted by Gasteiger charge is -2.25. The highest BCUT2D eigenvalue weighted by atomic mass is 19.4. The molecule has 0 saturated carbocycles. The number of hydrogen-bond acceptors (Lipinski definition) is 3. The number of halogens is 7. The molecule has 0 fully saturated rings.